The van der Waals surface area contributed by atoms with Crippen LogP contribution in [0.1, 0.15) is 117 Å². The highest BCUT2D eigenvalue weighted by atomic mass is 15.4. The average molecular weight is 445 g/mol. The van der Waals surface area contributed by atoms with Gasteiger partial charge in [0.05, 0.1) is 23.5 Å². The third-order valence-corrected chi connectivity index (χ3v) is 5.95. The van der Waals surface area contributed by atoms with E-state index in [9.17, 15) is 0 Å². The largest absolute Gasteiger partial charge is 0.249 e. The molecule has 0 bridgehead atoms. The molecule has 6 nitrogen and oxygen atoms in total. The second-order valence-electron chi connectivity index (χ2n) is 11.4. The van der Waals surface area contributed by atoms with E-state index in [1.807, 2.05) is 0 Å². The Balaban J connectivity index is 1.84. The average Bonchev–Trinajstić information content (AvgIpc) is 3.32. The number of hydrogen-bond acceptors (Lipinski definition) is 4. The molecule has 2 heterocycles. The van der Waals surface area contributed by atoms with Gasteiger partial charge in [0, 0.05) is 12.4 Å². The molecule has 182 valence electrons. The lowest BCUT2D eigenvalue weighted by Gasteiger charge is -2.20. The minimum absolute atomic E-state index is 0.455. The van der Waals surface area contributed by atoms with Crippen molar-refractivity contribution in [2.45, 2.75) is 119 Å². The van der Waals surface area contributed by atoms with Crippen LogP contribution in [-0.2, 0) is 12.8 Å². The maximum absolute atomic E-state index is 4.47. The summed E-state index contributed by atoms with van der Waals surface area (Å²) in [6, 6.07) is 0.909. The van der Waals surface area contributed by atoms with Gasteiger partial charge in [-0.25, -0.2) is 9.36 Å². The fraction of sp³-hybridized carbons (Fsp3) is 0.846. The molecule has 0 saturated carbocycles. The minimum Gasteiger partial charge on any atom is -0.249 e. The predicted molar refractivity (Wildman–Crippen MR) is 133 cm³/mol. The molecule has 0 saturated heterocycles. The number of hydrogen-bond donors (Lipinski definition) is 0. The van der Waals surface area contributed by atoms with Crippen LogP contribution in [-0.4, -0.2) is 30.0 Å². The van der Waals surface area contributed by atoms with Crippen molar-refractivity contribution >= 4 is 0 Å². The van der Waals surface area contributed by atoms with Crippen molar-refractivity contribution in [3.05, 3.63) is 23.8 Å². The van der Waals surface area contributed by atoms with E-state index in [1.54, 1.807) is 0 Å². The molecule has 0 aromatic carbocycles. The van der Waals surface area contributed by atoms with Gasteiger partial charge in [0.25, 0.3) is 0 Å². The van der Waals surface area contributed by atoms with Crippen LogP contribution in [0, 0.1) is 23.7 Å². The Labute approximate surface area is 196 Å². The fourth-order valence-electron chi connectivity index (χ4n) is 4.63. The molecular formula is C26H48N6. The summed E-state index contributed by atoms with van der Waals surface area (Å²) in [5, 5.41) is 17.9. The first kappa shape index (κ1) is 26.5. The summed E-state index contributed by atoms with van der Waals surface area (Å²) in [5.41, 5.74) is 2.22. The van der Waals surface area contributed by atoms with Crippen molar-refractivity contribution in [1.29, 1.82) is 0 Å². The molecule has 0 unspecified atom stereocenters. The molecule has 0 amide bonds. The molecule has 32 heavy (non-hydrogen) atoms. The van der Waals surface area contributed by atoms with E-state index >= 15 is 0 Å². The number of rotatable bonds is 15. The van der Waals surface area contributed by atoms with Gasteiger partial charge in [-0.2, -0.15) is 0 Å². The molecule has 0 aliphatic rings. The van der Waals surface area contributed by atoms with Crippen LogP contribution in [0.15, 0.2) is 12.4 Å². The first-order chi connectivity index (χ1) is 15.1. The highest BCUT2D eigenvalue weighted by Crippen LogP contribution is 2.26. The highest BCUT2D eigenvalue weighted by molar-refractivity contribution is 4.96. The van der Waals surface area contributed by atoms with Gasteiger partial charge >= 0.3 is 0 Å². The Morgan fingerprint density at radius 2 is 0.875 bits per heavy atom. The van der Waals surface area contributed by atoms with Crippen LogP contribution in [0.2, 0.25) is 0 Å². The lowest BCUT2D eigenvalue weighted by atomic mass is 9.96. The summed E-state index contributed by atoms with van der Waals surface area (Å²) in [4.78, 5) is 0. The molecule has 0 N–H and O–H groups in total. The first-order valence-corrected chi connectivity index (χ1v) is 12.9. The monoisotopic (exact) mass is 444 g/mol. The molecule has 0 spiro atoms. The standard InChI is InChI=1S/C26H48N6/c1-19(2)13-25(14-20(3)4)31-17-23(27-29-31)11-9-10-12-24-18-32(30-28-24)26(15-21(5)6)16-22(7)8/h17-22,25-26H,9-16H2,1-8H3. The number of aromatic nitrogens is 6. The second kappa shape index (κ2) is 13.1. The zero-order chi connectivity index (χ0) is 23.7. The van der Waals surface area contributed by atoms with Crippen LogP contribution in [0.3, 0.4) is 0 Å². The van der Waals surface area contributed by atoms with Crippen LogP contribution in [0.4, 0.5) is 0 Å². The summed E-state index contributed by atoms with van der Waals surface area (Å²) >= 11 is 0. The molecule has 0 radical (unpaired) electrons. The van der Waals surface area contributed by atoms with Gasteiger partial charge < -0.3 is 0 Å². The summed E-state index contributed by atoms with van der Waals surface area (Å²) in [5.74, 6) is 2.67. The van der Waals surface area contributed by atoms with Crippen molar-refractivity contribution in [3.8, 4) is 0 Å². The fourth-order valence-corrected chi connectivity index (χ4v) is 4.63. The molecule has 0 aliphatic carbocycles. The second-order valence-corrected chi connectivity index (χ2v) is 11.4. The lowest BCUT2D eigenvalue weighted by Crippen LogP contribution is -2.15. The zero-order valence-electron chi connectivity index (χ0n) is 22.0. The van der Waals surface area contributed by atoms with E-state index < -0.39 is 0 Å². The summed E-state index contributed by atoms with van der Waals surface area (Å²) < 4.78 is 4.23. The number of unbranched alkanes of at least 4 members (excludes halogenated alkanes) is 1. The Hall–Kier alpha value is -1.72. The van der Waals surface area contributed by atoms with Crippen molar-refractivity contribution in [3.63, 3.8) is 0 Å². The van der Waals surface area contributed by atoms with E-state index in [1.165, 1.54) is 0 Å². The quantitative estimate of drug-likeness (QED) is 0.287. The SMILES string of the molecule is CC(C)CC(CC(C)C)n1cc(CCCCc2cn(C(CC(C)C)CC(C)C)nn2)nn1. The van der Waals surface area contributed by atoms with Gasteiger partial charge in [-0.1, -0.05) is 65.8 Å². The number of nitrogens with zero attached hydrogens (tertiary/aromatic N) is 6. The maximum atomic E-state index is 4.47. The first-order valence-electron chi connectivity index (χ1n) is 12.9. The van der Waals surface area contributed by atoms with Gasteiger partial charge in [-0.15, -0.1) is 10.2 Å². The van der Waals surface area contributed by atoms with Gasteiger partial charge in [0.2, 0.25) is 0 Å². The van der Waals surface area contributed by atoms with Crippen LogP contribution < -0.4 is 0 Å². The third kappa shape index (κ3) is 9.41. The predicted octanol–water partition coefficient (Wildman–Crippen LogP) is 6.70. The van der Waals surface area contributed by atoms with Gasteiger partial charge in [0.1, 0.15) is 0 Å². The van der Waals surface area contributed by atoms with Crippen molar-refractivity contribution in [2.24, 2.45) is 23.7 Å². The molecule has 2 aromatic rings. The third-order valence-electron chi connectivity index (χ3n) is 5.95. The summed E-state index contributed by atoms with van der Waals surface area (Å²) in [6.07, 6.45) is 13.1. The maximum Gasteiger partial charge on any atom is 0.0827 e. The van der Waals surface area contributed by atoms with E-state index in [4.69, 9.17) is 0 Å². The Bertz CT molecular complexity index is 674. The zero-order valence-corrected chi connectivity index (χ0v) is 22.0. The van der Waals surface area contributed by atoms with Crippen LogP contribution in [0.5, 0.6) is 0 Å². The smallest absolute Gasteiger partial charge is 0.0827 e. The lowest BCUT2D eigenvalue weighted by molar-refractivity contribution is 0.312. The summed E-state index contributed by atoms with van der Waals surface area (Å²) in [7, 11) is 0. The Kier molecular flexibility index (Phi) is 10.9. The molecule has 0 fully saturated rings. The normalized spacial score (nSPS) is 12.6. The van der Waals surface area contributed by atoms with Crippen molar-refractivity contribution in [1.82, 2.24) is 30.0 Å². The van der Waals surface area contributed by atoms with Gasteiger partial charge in [0.15, 0.2) is 0 Å². The van der Waals surface area contributed by atoms with Crippen LogP contribution >= 0.6 is 0 Å². The molecular weight excluding hydrogens is 396 g/mol. The van der Waals surface area contributed by atoms with E-state index in [0.29, 0.717) is 35.8 Å². The Morgan fingerprint density at radius 3 is 1.16 bits per heavy atom. The van der Waals surface area contributed by atoms with E-state index in [2.05, 4.69) is 97.8 Å². The Morgan fingerprint density at radius 1 is 0.562 bits per heavy atom. The minimum atomic E-state index is 0.455. The van der Waals surface area contributed by atoms with E-state index in [-0.39, 0.29) is 0 Å². The van der Waals surface area contributed by atoms with Crippen molar-refractivity contribution in [2.75, 3.05) is 0 Å². The molecule has 0 atom stereocenters. The summed E-state index contributed by atoms with van der Waals surface area (Å²) in [6.45, 7) is 18.3. The number of aryl methyl sites for hydroxylation is 2. The topological polar surface area (TPSA) is 61.4 Å². The molecule has 0 aliphatic heterocycles. The highest BCUT2D eigenvalue weighted by Gasteiger charge is 2.18. The van der Waals surface area contributed by atoms with Gasteiger partial charge in [-0.05, 0) is 75.0 Å². The molecule has 6 heteroatoms. The molecule has 2 aromatic heterocycles. The molecule has 2 rings (SSSR count). The van der Waals surface area contributed by atoms with Crippen molar-refractivity contribution < 1.29 is 0 Å². The van der Waals surface area contributed by atoms with Gasteiger partial charge in [-0.3, -0.25) is 0 Å². The van der Waals surface area contributed by atoms with Crippen LogP contribution in [0.25, 0.3) is 0 Å². The van der Waals surface area contributed by atoms with E-state index in [0.717, 1.165) is 62.8 Å².